The molecule has 0 saturated carbocycles. The highest BCUT2D eigenvalue weighted by Gasteiger charge is 2.25. The zero-order valence-electron chi connectivity index (χ0n) is 18.6. The van der Waals surface area contributed by atoms with Gasteiger partial charge in [-0.2, -0.15) is 0 Å². The molecule has 32 heavy (non-hydrogen) atoms. The number of fused-ring (bicyclic) bond motifs is 1. The molecule has 0 bridgehead atoms. The van der Waals surface area contributed by atoms with Crippen LogP contribution in [0.25, 0.3) is 16.6 Å². The summed E-state index contributed by atoms with van der Waals surface area (Å²) in [5, 5.41) is 0.822. The molecule has 0 radical (unpaired) electrons. The molecule has 0 aliphatic carbocycles. The van der Waals surface area contributed by atoms with Crippen LogP contribution in [-0.2, 0) is 11.3 Å². The van der Waals surface area contributed by atoms with Gasteiger partial charge in [0.2, 0.25) is 0 Å². The number of allylic oxidation sites excluding steroid dienone is 1. The van der Waals surface area contributed by atoms with Gasteiger partial charge in [0.1, 0.15) is 17.0 Å². The molecule has 0 atom stereocenters. The number of benzene rings is 1. The van der Waals surface area contributed by atoms with E-state index in [-0.39, 0.29) is 11.5 Å². The summed E-state index contributed by atoms with van der Waals surface area (Å²) in [4.78, 5) is 28.1. The third kappa shape index (κ3) is 3.67. The maximum absolute atomic E-state index is 13.2. The normalized spacial score (nSPS) is 13.9. The van der Waals surface area contributed by atoms with Crippen LogP contribution in [-0.4, -0.2) is 60.5 Å². The van der Waals surface area contributed by atoms with Crippen LogP contribution in [0.2, 0.25) is 0 Å². The zero-order valence-corrected chi connectivity index (χ0v) is 18.6. The first-order valence-electron chi connectivity index (χ1n) is 10.5. The molecule has 8 nitrogen and oxygen atoms in total. The third-order valence-electron chi connectivity index (χ3n) is 5.71. The van der Waals surface area contributed by atoms with Gasteiger partial charge in [0.15, 0.2) is 0 Å². The lowest BCUT2D eigenvalue weighted by atomic mass is 10.1. The van der Waals surface area contributed by atoms with Gasteiger partial charge in [0, 0.05) is 43.0 Å². The van der Waals surface area contributed by atoms with Crippen molar-refractivity contribution in [3.05, 3.63) is 64.7 Å². The number of amides is 1. The van der Waals surface area contributed by atoms with E-state index in [1.165, 1.54) is 7.11 Å². The highest BCUT2D eigenvalue weighted by atomic mass is 16.5. The molecule has 0 spiro atoms. The van der Waals surface area contributed by atoms with Crippen LogP contribution >= 0.6 is 0 Å². The summed E-state index contributed by atoms with van der Waals surface area (Å²) in [5.74, 6) is 0.750. The Hall–Kier alpha value is -3.52. The molecular weight excluding hydrogens is 410 g/mol. The van der Waals surface area contributed by atoms with Crippen LogP contribution in [0.1, 0.15) is 16.1 Å². The monoisotopic (exact) mass is 437 g/mol. The average molecular weight is 437 g/mol. The number of hydrogen-bond acceptors (Lipinski definition) is 5. The quantitative estimate of drug-likeness (QED) is 0.555. The van der Waals surface area contributed by atoms with Gasteiger partial charge in [0.05, 0.1) is 38.7 Å². The van der Waals surface area contributed by atoms with Crippen LogP contribution in [0, 0.1) is 6.92 Å². The Bertz CT molecular complexity index is 1230. The van der Waals surface area contributed by atoms with Crippen molar-refractivity contribution in [2.75, 3.05) is 40.5 Å². The van der Waals surface area contributed by atoms with Gasteiger partial charge in [0.25, 0.3) is 11.5 Å². The van der Waals surface area contributed by atoms with Gasteiger partial charge in [-0.05, 0) is 25.1 Å². The largest absolute Gasteiger partial charge is 0.496 e. The lowest BCUT2D eigenvalue weighted by Gasteiger charge is -2.28. The lowest BCUT2D eigenvalue weighted by Crippen LogP contribution is -2.40. The van der Waals surface area contributed by atoms with Crippen molar-refractivity contribution in [2.45, 2.75) is 13.5 Å². The molecule has 4 rings (SSSR count). The number of aryl methyl sites for hydroxylation is 1. The van der Waals surface area contributed by atoms with Gasteiger partial charge in [-0.15, -0.1) is 6.58 Å². The van der Waals surface area contributed by atoms with E-state index in [4.69, 9.17) is 14.2 Å². The Morgan fingerprint density at radius 3 is 2.53 bits per heavy atom. The number of carbonyl (C=O) groups excluding carboxylic acids is 1. The minimum Gasteiger partial charge on any atom is -0.496 e. The van der Waals surface area contributed by atoms with Gasteiger partial charge >= 0.3 is 0 Å². The number of methoxy groups -OCH3 is 2. The first-order valence-corrected chi connectivity index (χ1v) is 10.5. The summed E-state index contributed by atoms with van der Waals surface area (Å²) in [5.41, 5.74) is 2.29. The summed E-state index contributed by atoms with van der Waals surface area (Å²) in [7, 11) is 3.07. The molecule has 168 valence electrons. The van der Waals surface area contributed by atoms with E-state index in [0.29, 0.717) is 61.1 Å². The third-order valence-corrected chi connectivity index (χ3v) is 5.71. The van der Waals surface area contributed by atoms with Gasteiger partial charge < -0.3 is 28.2 Å². The Morgan fingerprint density at radius 2 is 1.88 bits per heavy atom. The maximum atomic E-state index is 13.2. The molecule has 0 unspecified atom stereocenters. The van der Waals surface area contributed by atoms with Crippen LogP contribution in [0.4, 0.5) is 0 Å². The molecule has 1 saturated heterocycles. The Morgan fingerprint density at radius 1 is 1.16 bits per heavy atom. The molecule has 1 aliphatic rings. The number of aromatic nitrogens is 2. The Kier molecular flexibility index (Phi) is 6.05. The first kappa shape index (κ1) is 21.7. The molecule has 2 aromatic heterocycles. The van der Waals surface area contributed by atoms with Gasteiger partial charge in [-0.25, -0.2) is 0 Å². The second-order valence-electron chi connectivity index (χ2n) is 7.62. The van der Waals surface area contributed by atoms with E-state index in [9.17, 15) is 9.59 Å². The number of pyridine rings is 1. The molecule has 1 aromatic carbocycles. The van der Waals surface area contributed by atoms with Crippen LogP contribution in [0.3, 0.4) is 0 Å². The molecule has 0 N–H and O–H groups in total. The Labute approximate surface area is 186 Å². The summed E-state index contributed by atoms with van der Waals surface area (Å²) >= 11 is 0. The highest BCUT2D eigenvalue weighted by Crippen LogP contribution is 2.35. The van der Waals surface area contributed by atoms with Crippen molar-refractivity contribution in [2.24, 2.45) is 0 Å². The molecule has 3 aromatic rings. The standard InChI is InChI=1S/C24H27N3O5/c1-5-7-25-8-6-17-13-16(2)27(22(17)24(25)29)19-15-20(30-3)18(14-21(19)31-4)23(28)26-9-11-32-12-10-26/h5-6,8,13-15H,1,7,9-12H2,2-4H3. The predicted molar refractivity (Wildman–Crippen MR) is 122 cm³/mol. The minimum absolute atomic E-state index is 0.134. The fraction of sp³-hybridized carbons (Fsp3) is 0.333. The molecule has 1 amide bonds. The molecule has 3 heterocycles. The summed E-state index contributed by atoms with van der Waals surface area (Å²) in [6.45, 7) is 8.13. The molecular formula is C24H27N3O5. The minimum atomic E-state index is -0.141. The van der Waals surface area contributed by atoms with E-state index < -0.39 is 0 Å². The van der Waals surface area contributed by atoms with E-state index in [1.807, 2.05) is 23.6 Å². The smallest absolute Gasteiger partial charge is 0.275 e. The van der Waals surface area contributed by atoms with Crippen LogP contribution in [0.5, 0.6) is 11.5 Å². The number of ether oxygens (including phenoxy) is 3. The van der Waals surface area contributed by atoms with Crippen molar-refractivity contribution in [3.8, 4) is 17.2 Å². The number of carbonyl (C=O) groups is 1. The van der Waals surface area contributed by atoms with Crippen molar-refractivity contribution in [3.63, 3.8) is 0 Å². The van der Waals surface area contributed by atoms with Gasteiger partial charge in [-0.1, -0.05) is 6.08 Å². The first-order chi connectivity index (χ1) is 15.5. The number of rotatable bonds is 6. The SMILES string of the molecule is C=CCn1ccc2cc(C)n(-c3cc(OC)c(C(=O)N4CCOCC4)cc3OC)c2c1=O. The van der Waals surface area contributed by atoms with Crippen molar-refractivity contribution < 1.29 is 19.0 Å². The van der Waals surface area contributed by atoms with Crippen molar-refractivity contribution in [1.29, 1.82) is 0 Å². The average Bonchev–Trinajstić information content (AvgIpc) is 3.16. The zero-order chi connectivity index (χ0) is 22.8. The second-order valence-corrected chi connectivity index (χ2v) is 7.62. The topological polar surface area (TPSA) is 74.9 Å². The summed E-state index contributed by atoms with van der Waals surface area (Å²) in [6.07, 6.45) is 3.45. The molecule has 1 fully saturated rings. The van der Waals surface area contributed by atoms with E-state index in [1.54, 1.807) is 41.0 Å². The van der Waals surface area contributed by atoms with Crippen molar-refractivity contribution >= 4 is 16.8 Å². The summed E-state index contributed by atoms with van der Waals surface area (Å²) < 4.78 is 20.1. The highest BCUT2D eigenvalue weighted by molar-refractivity contribution is 5.98. The maximum Gasteiger partial charge on any atom is 0.275 e. The van der Waals surface area contributed by atoms with Gasteiger partial charge in [-0.3, -0.25) is 9.59 Å². The summed E-state index contributed by atoms with van der Waals surface area (Å²) in [6, 6.07) is 7.29. The second kappa shape index (κ2) is 8.92. The van der Waals surface area contributed by atoms with Crippen LogP contribution in [0.15, 0.2) is 47.9 Å². The predicted octanol–water partition coefficient (Wildman–Crippen LogP) is 2.78. The lowest BCUT2D eigenvalue weighted by molar-refractivity contribution is 0.0300. The Balaban J connectivity index is 1.91. The van der Waals surface area contributed by atoms with E-state index in [2.05, 4.69) is 6.58 Å². The number of morpholine rings is 1. The fourth-order valence-corrected chi connectivity index (χ4v) is 4.14. The molecule has 8 heteroatoms. The van der Waals surface area contributed by atoms with E-state index in [0.717, 1.165) is 11.1 Å². The molecule has 1 aliphatic heterocycles. The fourth-order valence-electron chi connectivity index (χ4n) is 4.14. The number of hydrogen-bond donors (Lipinski definition) is 0. The van der Waals surface area contributed by atoms with Crippen molar-refractivity contribution in [1.82, 2.24) is 14.0 Å². The van der Waals surface area contributed by atoms with E-state index >= 15 is 0 Å². The van der Waals surface area contributed by atoms with Crippen LogP contribution < -0.4 is 15.0 Å². The number of nitrogens with zero attached hydrogens (tertiary/aromatic N) is 3.